The SMILES string of the molecule is NC(=O)OCCNc1ccc([N+](=O)[O-])c(N)c1. The summed E-state index contributed by atoms with van der Waals surface area (Å²) < 4.78 is 4.49. The van der Waals surface area contributed by atoms with E-state index in [1.54, 1.807) is 0 Å². The Labute approximate surface area is 96.7 Å². The summed E-state index contributed by atoms with van der Waals surface area (Å²) in [6.07, 6.45) is -0.852. The van der Waals surface area contributed by atoms with Gasteiger partial charge in [0.2, 0.25) is 0 Å². The van der Waals surface area contributed by atoms with Crippen molar-refractivity contribution in [1.82, 2.24) is 0 Å². The van der Waals surface area contributed by atoms with E-state index < -0.39 is 11.0 Å². The predicted molar refractivity (Wildman–Crippen MR) is 61.5 cm³/mol. The van der Waals surface area contributed by atoms with Crippen molar-refractivity contribution >= 4 is 23.2 Å². The summed E-state index contributed by atoms with van der Waals surface area (Å²) in [4.78, 5) is 20.2. The van der Waals surface area contributed by atoms with Gasteiger partial charge in [0.15, 0.2) is 0 Å². The highest BCUT2D eigenvalue weighted by Gasteiger charge is 2.10. The summed E-state index contributed by atoms with van der Waals surface area (Å²) in [5, 5.41) is 13.4. The van der Waals surface area contributed by atoms with E-state index in [0.29, 0.717) is 12.2 Å². The summed E-state index contributed by atoms with van der Waals surface area (Å²) in [5.74, 6) is 0. The number of amides is 1. The van der Waals surface area contributed by atoms with Crippen LogP contribution in [0, 0.1) is 10.1 Å². The topological polar surface area (TPSA) is 134 Å². The number of nitrogens with two attached hydrogens (primary N) is 2. The molecule has 0 heterocycles. The third-order valence-electron chi connectivity index (χ3n) is 1.90. The molecule has 0 aliphatic rings. The first kappa shape index (κ1) is 12.6. The van der Waals surface area contributed by atoms with Crippen LogP contribution < -0.4 is 16.8 Å². The lowest BCUT2D eigenvalue weighted by Crippen LogP contribution is -2.18. The lowest BCUT2D eigenvalue weighted by Gasteiger charge is -2.07. The number of nitro benzene ring substituents is 1. The number of nitrogens with zero attached hydrogens (tertiary/aromatic N) is 1. The normalized spacial score (nSPS) is 9.65. The van der Waals surface area contributed by atoms with Crippen LogP contribution >= 0.6 is 0 Å². The van der Waals surface area contributed by atoms with Gasteiger partial charge in [-0.2, -0.15) is 0 Å². The Morgan fingerprint density at radius 2 is 2.24 bits per heavy atom. The lowest BCUT2D eigenvalue weighted by atomic mass is 10.2. The van der Waals surface area contributed by atoms with Gasteiger partial charge in [-0.05, 0) is 12.1 Å². The molecule has 0 radical (unpaired) electrons. The molecule has 1 rings (SSSR count). The summed E-state index contributed by atoms with van der Waals surface area (Å²) in [6.45, 7) is 0.437. The van der Waals surface area contributed by atoms with E-state index in [9.17, 15) is 14.9 Å². The van der Waals surface area contributed by atoms with Crippen molar-refractivity contribution in [3.8, 4) is 0 Å². The minimum atomic E-state index is -0.852. The van der Waals surface area contributed by atoms with Crippen molar-refractivity contribution in [2.75, 3.05) is 24.2 Å². The van der Waals surface area contributed by atoms with Gasteiger partial charge in [0.05, 0.1) is 4.92 Å². The number of nitrogen functional groups attached to an aromatic ring is 1. The van der Waals surface area contributed by atoms with Crippen molar-refractivity contribution in [3.63, 3.8) is 0 Å². The number of ether oxygens (including phenoxy) is 1. The van der Waals surface area contributed by atoms with Gasteiger partial charge in [0, 0.05) is 18.3 Å². The second kappa shape index (κ2) is 5.54. The Morgan fingerprint density at radius 1 is 1.53 bits per heavy atom. The number of primary amides is 1. The Balaban J connectivity index is 2.53. The van der Waals surface area contributed by atoms with E-state index >= 15 is 0 Å². The van der Waals surface area contributed by atoms with E-state index in [1.807, 2.05) is 0 Å². The molecule has 1 amide bonds. The first-order chi connectivity index (χ1) is 8.00. The average molecular weight is 240 g/mol. The fraction of sp³-hybridized carbons (Fsp3) is 0.222. The molecule has 0 aliphatic heterocycles. The summed E-state index contributed by atoms with van der Waals surface area (Å²) in [7, 11) is 0. The van der Waals surface area contributed by atoms with E-state index in [2.05, 4.69) is 10.1 Å². The summed E-state index contributed by atoms with van der Waals surface area (Å²) in [6, 6.07) is 4.24. The van der Waals surface area contributed by atoms with Crippen molar-refractivity contribution in [2.45, 2.75) is 0 Å². The van der Waals surface area contributed by atoms with Gasteiger partial charge < -0.3 is 21.5 Å². The van der Waals surface area contributed by atoms with Gasteiger partial charge in [-0.25, -0.2) is 4.79 Å². The van der Waals surface area contributed by atoms with Gasteiger partial charge >= 0.3 is 6.09 Å². The molecule has 5 N–H and O–H groups in total. The fourth-order valence-corrected chi connectivity index (χ4v) is 1.18. The smallest absolute Gasteiger partial charge is 0.404 e. The van der Waals surface area contributed by atoms with Crippen LogP contribution in [0.3, 0.4) is 0 Å². The van der Waals surface area contributed by atoms with Gasteiger partial charge in [-0.3, -0.25) is 10.1 Å². The van der Waals surface area contributed by atoms with Crippen molar-refractivity contribution in [3.05, 3.63) is 28.3 Å². The highest BCUT2D eigenvalue weighted by Crippen LogP contribution is 2.24. The van der Waals surface area contributed by atoms with Gasteiger partial charge in [-0.1, -0.05) is 0 Å². The number of nitrogens with one attached hydrogen (secondary N) is 1. The van der Waals surface area contributed by atoms with Crippen LogP contribution in [0.25, 0.3) is 0 Å². The average Bonchev–Trinajstić information content (AvgIpc) is 2.23. The third kappa shape index (κ3) is 3.86. The minimum absolute atomic E-state index is 0.0656. The minimum Gasteiger partial charge on any atom is -0.448 e. The Kier molecular flexibility index (Phi) is 4.09. The molecule has 8 heteroatoms. The molecule has 0 aliphatic carbocycles. The van der Waals surface area contributed by atoms with Gasteiger partial charge in [0.1, 0.15) is 12.3 Å². The van der Waals surface area contributed by atoms with Crippen molar-refractivity contribution in [1.29, 1.82) is 0 Å². The van der Waals surface area contributed by atoms with Gasteiger partial charge in [0.25, 0.3) is 5.69 Å². The molecule has 0 aromatic heterocycles. The molecule has 0 atom stereocenters. The lowest BCUT2D eigenvalue weighted by molar-refractivity contribution is -0.383. The first-order valence-corrected chi connectivity index (χ1v) is 4.70. The Morgan fingerprint density at radius 3 is 2.76 bits per heavy atom. The van der Waals surface area contributed by atoms with Crippen LogP contribution in [0.2, 0.25) is 0 Å². The van der Waals surface area contributed by atoms with E-state index in [-0.39, 0.29) is 18.0 Å². The molecule has 1 aromatic carbocycles. The summed E-state index contributed by atoms with van der Waals surface area (Å²) >= 11 is 0. The molecule has 92 valence electrons. The first-order valence-electron chi connectivity index (χ1n) is 4.70. The second-order valence-electron chi connectivity index (χ2n) is 3.12. The van der Waals surface area contributed by atoms with Crippen LogP contribution in [0.15, 0.2) is 18.2 Å². The van der Waals surface area contributed by atoms with Crippen LogP contribution in [-0.2, 0) is 4.74 Å². The zero-order valence-electron chi connectivity index (χ0n) is 8.88. The Bertz CT molecular complexity index is 435. The zero-order valence-corrected chi connectivity index (χ0v) is 8.88. The van der Waals surface area contributed by atoms with Crippen molar-refractivity contribution < 1.29 is 14.5 Å². The predicted octanol–water partition coefficient (Wildman–Crippen LogP) is 0.684. The quantitative estimate of drug-likeness (QED) is 0.300. The molecule has 0 fully saturated rings. The Hall–Kier alpha value is -2.51. The fourth-order valence-electron chi connectivity index (χ4n) is 1.18. The van der Waals surface area contributed by atoms with E-state index in [1.165, 1.54) is 18.2 Å². The van der Waals surface area contributed by atoms with Crippen molar-refractivity contribution in [2.24, 2.45) is 5.73 Å². The number of benzene rings is 1. The van der Waals surface area contributed by atoms with Crippen LogP contribution in [0.4, 0.5) is 21.9 Å². The molecule has 8 nitrogen and oxygen atoms in total. The highest BCUT2D eigenvalue weighted by atomic mass is 16.6. The molecule has 0 spiro atoms. The standard InChI is InChI=1S/C9H12N4O4/c10-7-5-6(1-2-8(7)13(15)16)12-3-4-17-9(11)14/h1-2,5,12H,3-4,10H2,(H2,11,14). The van der Waals surface area contributed by atoms with Crippen LogP contribution in [0.1, 0.15) is 0 Å². The molecular weight excluding hydrogens is 228 g/mol. The number of hydrogen-bond acceptors (Lipinski definition) is 6. The number of anilines is 2. The number of hydrogen-bond donors (Lipinski definition) is 3. The van der Waals surface area contributed by atoms with Crippen LogP contribution in [0.5, 0.6) is 0 Å². The molecule has 17 heavy (non-hydrogen) atoms. The third-order valence-corrected chi connectivity index (χ3v) is 1.90. The molecule has 0 unspecified atom stereocenters. The largest absolute Gasteiger partial charge is 0.448 e. The van der Waals surface area contributed by atoms with E-state index in [0.717, 1.165) is 0 Å². The maximum Gasteiger partial charge on any atom is 0.404 e. The van der Waals surface area contributed by atoms with Crippen LogP contribution in [-0.4, -0.2) is 24.2 Å². The second-order valence-corrected chi connectivity index (χ2v) is 3.12. The number of carbonyl (C=O) groups is 1. The molecular formula is C9H12N4O4. The monoisotopic (exact) mass is 240 g/mol. The molecule has 1 aromatic rings. The highest BCUT2D eigenvalue weighted by molar-refractivity contribution is 5.66. The maximum atomic E-state index is 10.5. The maximum absolute atomic E-state index is 10.5. The molecule has 0 saturated carbocycles. The molecule has 0 bridgehead atoms. The summed E-state index contributed by atoms with van der Waals surface area (Å²) in [5.41, 5.74) is 10.8. The number of carbonyl (C=O) groups excluding carboxylic acids is 1. The molecule has 0 saturated heterocycles. The number of rotatable bonds is 5. The van der Waals surface area contributed by atoms with Gasteiger partial charge in [-0.15, -0.1) is 0 Å². The zero-order chi connectivity index (χ0) is 12.8. The van der Waals surface area contributed by atoms with E-state index in [4.69, 9.17) is 11.5 Å². The number of nitro groups is 1.